The Bertz CT molecular complexity index is 679. The van der Waals surface area contributed by atoms with Crippen molar-refractivity contribution in [2.24, 2.45) is 5.10 Å². The minimum atomic E-state index is -0.284. The molecule has 0 saturated heterocycles. The van der Waals surface area contributed by atoms with Crippen LogP contribution in [0.3, 0.4) is 0 Å². The van der Waals surface area contributed by atoms with Gasteiger partial charge in [0, 0.05) is 0 Å². The zero-order chi connectivity index (χ0) is 15.9. The van der Waals surface area contributed by atoms with Crippen molar-refractivity contribution in [3.8, 4) is 5.75 Å². The summed E-state index contributed by atoms with van der Waals surface area (Å²) in [5, 5.41) is 4.08. The van der Waals surface area contributed by atoms with Crippen molar-refractivity contribution in [2.75, 3.05) is 6.61 Å². The Labute approximate surface area is 130 Å². The van der Waals surface area contributed by atoms with E-state index in [0.29, 0.717) is 5.75 Å². The SMILES string of the molecule is C/C(=N/NC(=O)COc1ccc(C)c(C)c1)c1ccccc1. The first kappa shape index (κ1) is 15.8. The average molecular weight is 296 g/mol. The van der Waals surface area contributed by atoms with Gasteiger partial charge in [-0.15, -0.1) is 0 Å². The smallest absolute Gasteiger partial charge is 0.277 e. The van der Waals surface area contributed by atoms with Crippen LogP contribution < -0.4 is 10.2 Å². The first-order valence-electron chi connectivity index (χ1n) is 7.15. The summed E-state index contributed by atoms with van der Waals surface area (Å²) in [6.45, 7) is 5.83. The van der Waals surface area contributed by atoms with Crippen molar-refractivity contribution < 1.29 is 9.53 Å². The number of carbonyl (C=O) groups excluding carboxylic acids is 1. The Balaban J connectivity index is 1.86. The maximum absolute atomic E-state index is 11.8. The van der Waals surface area contributed by atoms with Crippen molar-refractivity contribution in [1.29, 1.82) is 0 Å². The van der Waals surface area contributed by atoms with E-state index in [1.54, 1.807) is 0 Å². The number of amides is 1. The van der Waals surface area contributed by atoms with Crippen LogP contribution in [-0.4, -0.2) is 18.2 Å². The molecule has 0 spiro atoms. The predicted molar refractivity (Wildman–Crippen MR) is 88.2 cm³/mol. The van der Waals surface area contributed by atoms with E-state index < -0.39 is 0 Å². The molecule has 0 aliphatic rings. The summed E-state index contributed by atoms with van der Waals surface area (Å²) < 4.78 is 5.46. The van der Waals surface area contributed by atoms with Crippen LogP contribution in [0, 0.1) is 13.8 Å². The predicted octanol–water partition coefficient (Wildman–Crippen LogP) is 3.22. The zero-order valence-electron chi connectivity index (χ0n) is 13.1. The summed E-state index contributed by atoms with van der Waals surface area (Å²) >= 11 is 0. The number of ether oxygens (including phenoxy) is 1. The molecule has 0 atom stereocenters. The molecule has 0 aliphatic carbocycles. The number of hydrazone groups is 1. The van der Waals surface area contributed by atoms with E-state index in [1.807, 2.05) is 69.3 Å². The molecule has 0 aliphatic heterocycles. The molecule has 0 aromatic heterocycles. The van der Waals surface area contributed by atoms with Crippen LogP contribution in [0.4, 0.5) is 0 Å². The maximum atomic E-state index is 11.8. The van der Waals surface area contributed by atoms with Crippen LogP contribution in [0.1, 0.15) is 23.6 Å². The van der Waals surface area contributed by atoms with Gasteiger partial charge in [0.2, 0.25) is 0 Å². The Hall–Kier alpha value is -2.62. The number of rotatable bonds is 5. The lowest BCUT2D eigenvalue weighted by Crippen LogP contribution is -2.25. The highest BCUT2D eigenvalue weighted by atomic mass is 16.5. The summed E-state index contributed by atoms with van der Waals surface area (Å²) in [5.41, 5.74) is 6.55. The highest BCUT2D eigenvalue weighted by Gasteiger charge is 2.03. The molecule has 114 valence electrons. The number of nitrogens with one attached hydrogen (secondary N) is 1. The molecule has 4 nitrogen and oxygen atoms in total. The van der Waals surface area contributed by atoms with Crippen LogP contribution in [0.25, 0.3) is 0 Å². The third-order valence-corrected chi connectivity index (χ3v) is 3.39. The molecule has 2 aromatic rings. The van der Waals surface area contributed by atoms with Crippen molar-refractivity contribution in [2.45, 2.75) is 20.8 Å². The Morgan fingerprint density at radius 2 is 1.82 bits per heavy atom. The van der Waals surface area contributed by atoms with Crippen molar-refractivity contribution in [1.82, 2.24) is 5.43 Å². The number of aryl methyl sites for hydroxylation is 2. The normalized spacial score (nSPS) is 11.1. The first-order valence-corrected chi connectivity index (χ1v) is 7.15. The monoisotopic (exact) mass is 296 g/mol. The van der Waals surface area contributed by atoms with Crippen LogP contribution in [-0.2, 0) is 4.79 Å². The minimum absolute atomic E-state index is 0.0614. The number of hydrogen-bond acceptors (Lipinski definition) is 3. The second-order valence-electron chi connectivity index (χ2n) is 5.13. The molecule has 1 amide bonds. The fraction of sp³-hybridized carbons (Fsp3) is 0.222. The van der Waals surface area contributed by atoms with Crippen LogP contribution in [0.2, 0.25) is 0 Å². The summed E-state index contributed by atoms with van der Waals surface area (Å²) in [7, 11) is 0. The van der Waals surface area contributed by atoms with Gasteiger partial charge >= 0.3 is 0 Å². The number of hydrogen-bond donors (Lipinski definition) is 1. The van der Waals surface area contributed by atoms with Crippen molar-refractivity contribution >= 4 is 11.6 Å². The largest absolute Gasteiger partial charge is 0.484 e. The van der Waals surface area contributed by atoms with Gasteiger partial charge in [-0.3, -0.25) is 4.79 Å². The molecule has 2 aromatic carbocycles. The lowest BCUT2D eigenvalue weighted by molar-refractivity contribution is -0.123. The molecule has 2 rings (SSSR count). The molecule has 0 unspecified atom stereocenters. The number of nitrogens with zero attached hydrogens (tertiary/aromatic N) is 1. The summed E-state index contributed by atoms with van der Waals surface area (Å²) in [5.74, 6) is 0.399. The van der Waals surface area contributed by atoms with Gasteiger partial charge in [-0.25, -0.2) is 5.43 Å². The molecular formula is C18H20N2O2. The molecule has 0 saturated carbocycles. The highest BCUT2D eigenvalue weighted by molar-refractivity contribution is 5.99. The van der Waals surface area contributed by atoms with E-state index in [0.717, 1.165) is 16.8 Å². The molecular weight excluding hydrogens is 276 g/mol. The summed E-state index contributed by atoms with van der Waals surface area (Å²) in [6, 6.07) is 15.4. The quantitative estimate of drug-likeness (QED) is 0.680. The second kappa shape index (κ2) is 7.41. The van der Waals surface area contributed by atoms with Gasteiger partial charge in [-0.2, -0.15) is 5.10 Å². The van der Waals surface area contributed by atoms with Gasteiger partial charge in [0.05, 0.1) is 5.71 Å². The van der Waals surface area contributed by atoms with E-state index in [9.17, 15) is 4.79 Å². The fourth-order valence-electron chi connectivity index (χ4n) is 1.87. The number of benzene rings is 2. The fourth-order valence-corrected chi connectivity index (χ4v) is 1.87. The average Bonchev–Trinajstić information content (AvgIpc) is 2.54. The molecule has 0 bridgehead atoms. The van der Waals surface area contributed by atoms with Crippen LogP contribution in [0.5, 0.6) is 5.75 Å². The zero-order valence-corrected chi connectivity index (χ0v) is 13.1. The third kappa shape index (κ3) is 4.45. The van der Waals surface area contributed by atoms with E-state index in [4.69, 9.17) is 4.74 Å². The Morgan fingerprint density at radius 3 is 2.50 bits per heavy atom. The van der Waals surface area contributed by atoms with E-state index in [-0.39, 0.29) is 12.5 Å². The van der Waals surface area contributed by atoms with Crippen molar-refractivity contribution in [3.05, 3.63) is 65.2 Å². The maximum Gasteiger partial charge on any atom is 0.277 e. The molecule has 0 fully saturated rings. The Kier molecular flexibility index (Phi) is 5.31. The van der Waals surface area contributed by atoms with E-state index in [2.05, 4.69) is 10.5 Å². The highest BCUT2D eigenvalue weighted by Crippen LogP contribution is 2.16. The van der Waals surface area contributed by atoms with Crippen molar-refractivity contribution in [3.63, 3.8) is 0 Å². The van der Waals surface area contributed by atoms with Gasteiger partial charge in [0.25, 0.3) is 5.91 Å². The van der Waals surface area contributed by atoms with E-state index in [1.165, 1.54) is 5.56 Å². The van der Waals surface area contributed by atoms with Gasteiger partial charge in [-0.1, -0.05) is 36.4 Å². The minimum Gasteiger partial charge on any atom is -0.484 e. The van der Waals surface area contributed by atoms with Gasteiger partial charge in [0.15, 0.2) is 6.61 Å². The second-order valence-corrected chi connectivity index (χ2v) is 5.13. The van der Waals surface area contributed by atoms with Crippen LogP contribution in [0.15, 0.2) is 53.6 Å². The molecule has 22 heavy (non-hydrogen) atoms. The van der Waals surface area contributed by atoms with E-state index >= 15 is 0 Å². The molecule has 4 heteroatoms. The van der Waals surface area contributed by atoms with Gasteiger partial charge < -0.3 is 4.74 Å². The van der Waals surface area contributed by atoms with Gasteiger partial charge in [-0.05, 0) is 49.6 Å². The van der Waals surface area contributed by atoms with Crippen LogP contribution >= 0.6 is 0 Å². The lowest BCUT2D eigenvalue weighted by Gasteiger charge is -2.07. The third-order valence-electron chi connectivity index (χ3n) is 3.39. The first-order chi connectivity index (χ1) is 10.6. The standard InChI is InChI=1S/C18H20N2O2/c1-13-9-10-17(11-14(13)2)22-12-18(21)20-19-15(3)16-7-5-4-6-8-16/h4-11H,12H2,1-3H3,(H,20,21)/b19-15-. The van der Waals surface area contributed by atoms with Gasteiger partial charge in [0.1, 0.15) is 5.75 Å². The molecule has 1 N–H and O–H groups in total. The lowest BCUT2D eigenvalue weighted by atomic mass is 10.1. The Morgan fingerprint density at radius 1 is 1.09 bits per heavy atom. The molecule has 0 heterocycles. The summed E-state index contributed by atoms with van der Waals surface area (Å²) in [6.07, 6.45) is 0. The summed E-state index contributed by atoms with van der Waals surface area (Å²) in [4.78, 5) is 11.8. The molecule has 0 radical (unpaired) electrons. The number of carbonyl (C=O) groups is 1. The topological polar surface area (TPSA) is 50.7 Å².